The molecule has 0 aliphatic heterocycles. The molecule has 0 spiro atoms. The monoisotopic (exact) mass is 260 g/mol. The molecule has 2 heteroatoms. The van der Waals surface area contributed by atoms with Crippen molar-refractivity contribution in [2.24, 2.45) is 11.3 Å². The lowest BCUT2D eigenvalue weighted by Gasteiger charge is -2.38. The quantitative estimate of drug-likeness (QED) is 0.559. The number of rotatable bonds is 2. The Morgan fingerprint density at radius 3 is 2.56 bits per heavy atom. The van der Waals surface area contributed by atoms with Gasteiger partial charge < -0.3 is 4.74 Å². The summed E-state index contributed by atoms with van der Waals surface area (Å²) in [5.74, 6) is 1.07. The van der Waals surface area contributed by atoms with Crippen molar-refractivity contribution in [1.82, 2.24) is 0 Å². The maximum absolute atomic E-state index is 5.85. The molecule has 0 heterocycles. The topological polar surface area (TPSA) is 9.23 Å². The summed E-state index contributed by atoms with van der Waals surface area (Å²) in [4.78, 5) is 0. The number of hydrogen-bond acceptors (Lipinski definition) is 2. The summed E-state index contributed by atoms with van der Waals surface area (Å²) in [6.45, 7) is 6.70. The van der Waals surface area contributed by atoms with Crippen LogP contribution in [0, 0.1) is 11.3 Å². The van der Waals surface area contributed by atoms with Crippen molar-refractivity contribution in [3.8, 4) is 5.75 Å². The molecule has 0 bridgehead atoms. The Hall–Kier alpha value is -1.15. The third-order valence-electron chi connectivity index (χ3n) is 3.69. The number of benzene rings is 1. The van der Waals surface area contributed by atoms with Crippen LogP contribution in [0.5, 0.6) is 5.75 Å². The second-order valence-corrected chi connectivity index (χ2v) is 6.04. The smallest absolute Gasteiger partial charge is 0.174 e. The maximum atomic E-state index is 5.85. The summed E-state index contributed by atoms with van der Waals surface area (Å²) in [5, 5.41) is 0.694. The first-order chi connectivity index (χ1) is 8.50. The van der Waals surface area contributed by atoms with Gasteiger partial charge in [-0.2, -0.15) is 0 Å². The van der Waals surface area contributed by atoms with E-state index < -0.39 is 0 Å². The second-order valence-electron chi connectivity index (χ2n) is 5.64. The van der Waals surface area contributed by atoms with E-state index in [1.807, 2.05) is 30.3 Å². The van der Waals surface area contributed by atoms with Gasteiger partial charge in [0.1, 0.15) is 5.75 Å². The van der Waals surface area contributed by atoms with E-state index in [9.17, 15) is 0 Å². The van der Waals surface area contributed by atoms with Gasteiger partial charge in [-0.25, -0.2) is 0 Å². The molecule has 0 saturated heterocycles. The summed E-state index contributed by atoms with van der Waals surface area (Å²) in [7, 11) is 0. The predicted molar refractivity (Wildman–Crippen MR) is 79.9 cm³/mol. The van der Waals surface area contributed by atoms with E-state index in [4.69, 9.17) is 17.0 Å². The van der Waals surface area contributed by atoms with Crippen molar-refractivity contribution in [1.29, 1.82) is 0 Å². The van der Waals surface area contributed by atoms with Gasteiger partial charge in [-0.05, 0) is 49.5 Å². The summed E-state index contributed by atoms with van der Waals surface area (Å²) in [5.41, 5.74) is 1.53. The van der Waals surface area contributed by atoms with Gasteiger partial charge in [-0.1, -0.05) is 43.7 Å². The minimum atomic E-state index is 0.185. The van der Waals surface area contributed by atoms with Gasteiger partial charge in [0, 0.05) is 0 Å². The summed E-state index contributed by atoms with van der Waals surface area (Å²) in [6.07, 6.45) is 4.59. The molecule has 0 N–H and O–H groups in total. The lowest BCUT2D eigenvalue weighted by atomic mass is 9.69. The van der Waals surface area contributed by atoms with Crippen LogP contribution in [-0.4, -0.2) is 5.05 Å². The molecule has 96 valence electrons. The molecule has 0 radical (unpaired) electrons. The second kappa shape index (κ2) is 5.23. The first-order valence-corrected chi connectivity index (χ1v) is 6.85. The van der Waals surface area contributed by atoms with Gasteiger partial charge in [0.05, 0.1) is 5.92 Å². The number of para-hydroxylation sites is 1. The summed E-state index contributed by atoms with van der Waals surface area (Å²) < 4.78 is 5.85. The van der Waals surface area contributed by atoms with Crippen molar-refractivity contribution >= 4 is 17.3 Å². The Kier molecular flexibility index (Phi) is 3.86. The molecule has 0 amide bonds. The lowest BCUT2D eigenvalue weighted by Crippen LogP contribution is -2.35. The molecule has 1 aliphatic rings. The van der Waals surface area contributed by atoms with Gasteiger partial charge in [-0.3, -0.25) is 0 Å². The molecule has 1 aromatic rings. The predicted octanol–water partition coefficient (Wildman–Crippen LogP) is 4.78. The number of hydrogen-bond donors (Lipinski definition) is 0. The van der Waals surface area contributed by atoms with Crippen molar-refractivity contribution in [2.75, 3.05) is 0 Å². The van der Waals surface area contributed by atoms with Crippen LogP contribution in [0.2, 0.25) is 0 Å². The molecule has 1 atom stereocenters. The fourth-order valence-electron chi connectivity index (χ4n) is 2.72. The minimum Gasteiger partial charge on any atom is -0.450 e. The maximum Gasteiger partial charge on any atom is 0.174 e. The summed E-state index contributed by atoms with van der Waals surface area (Å²) >= 11 is 5.52. The zero-order chi connectivity index (χ0) is 13.2. The molecule has 1 nitrogen and oxygen atoms in total. The van der Waals surface area contributed by atoms with Gasteiger partial charge in [0.15, 0.2) is 5.05 Å². The highest BCUT2D eigenvalue weighted by Crippen LogP contribution is 2.42. The van der Waals surface area contributed by atoms with Crippen LogP contribution >= 0.6 is 12.2 Å². The Balaban J connectivity index is 2.17. The third kappa shape index (κ3) is 2.81. The van der Waals surface area contributed by atoms with Crippen LogP contribution in [0.25, 0.3) is 0 Å². The van der Waals surface area contributed by atoms with E-state index in [1.54, 1.807) is 0 Å². The van der Waals surface area contributed by atoms with Crippen LogP contribution in [0.1, 0.15) is 33.6 Å². The van der Waals surface area contributed by atoms with Crippen LogP contribution in [0.3, 0.4) is 0 Å². The zero-order valence-electron chi connectivity index (χ0n) is 11.3. The van der Waals surface area contributed by atoms with Gasteiger partial charge in [0.25, 0.3) is 0 Å². The number of allylic oxidation sites excluding steroid dienone is 1. The Morgan fingerprint density at radius 2 is 1.94 bits per heavy atom. The standard InChI is InChI=1S/C16H20OS/c1-12-8-7-11-16(2,3)14(12)15(18)17-13-9-5-4-6-10-13/h4-6,8-10,14H,7,11H2,1-3H3/t14-/m1/s1. The minimum absolute atomic E-state index is 0.185. The van der Waals surface area contributed by atoms with Crippen LogP contribution < -0.4 is 4.74 Å². The fourth-order valence-corrected chi connectivity index (χ4v) is 3.32. The Morgan fingerprint density at radius 1 is 1.28 bits per heavy atom. The van der Waals surface area contributed by atoms with Gasteiger partial charge >= 0.3 is 0 Å². The van der Waals surface area contributed by atoms with Crippen molar-refractivity contribution in [2.45, 2.75) is 33.6 Å². The van der Waals surface area contributed by atoms with E-state index in [2.05, 4.69) is 26.8 Å². The molecule has 0 unspecified atom stereocenters. The SMILES string of the molecule is CC1=CCCC(C)(C)[C@H]1C(=S)Oc1ccccc1. The Labute approximate surface area is 115 Å². The van der Waals surface area contributed by atoms with E-state index in [0.29, 0.717) is 5.05 Å². The van der Waals surface area contributed by atoms with Crippen molar-refractivity contribution < 1.29 is 4.74 Å². The molecular weight excluding hydrogens is 240 g/mol. The number of thiocarbonyl (C=S) groups is 1. The van der Waals surface area contributed by atoms with Crippen LogP contribution in [0.15, 0.2) is 42.0 Å². The van der Waals surface area contributed by atoms with E-state index in [-0.39, 0.29) is 11.3 Å². The highest BCUT2D eigenvalue weighted by molar-refractivity contribution is 7.80. The third-order valence-corrected chi connectivity index (χ3v) is 4.01. The van der Waals surface area contributed by atoms with E-state index >= 15 is 0 Å². The molecule has 2 rings (SSSR count). The molecule has 0 aromatic heterocycles. The van der Waals surface area contributed by atoms with Gasteiger partial charge in [0.2, 0.25) is 0 Å². The molecular formula is C16H20OS. The number of ether oxygens (including phenoxy) is 1. The molecule has 0 saturated carbocycles. The average Bonchev–Trinajstić information content (AvgIpc) is 2.28. The van der Waals surface area contributed by atoms with Crippen LogP contribution in [0.4, 0.5) is 0 Å². The van der Waals surface area contributed by atoms with Gasteiger partial charge in [-0.15, -0.1) is 0 Å². The molecule has 1 aromatic carbocycles. The summed E-state index contributed by atoms with van der Waals surface area (Å²) in [6, 6.07) is 9.80. The fraction of sp³-hybridized carbons (Fsp3) is 0.438. The highest BCUT2D eigenvalue weighted by atomic mass is 32.1. The lowest BCUT2D eigenvalue weighted by molar-refractivity contribution is 0.255. The molecule has 1 aliphatic carbocycles. The normalized spacial score (nSPS) is 22.2. The van der Waals surface area contributed by atoms with E-state index in [0.717, 1.165) is 18.6 Å². The zero-order valence-corrected chi connectivity index (χ0v) is 12.1. The molecule has 0 fully saturated rings. The largest absolute Gasteiger partial charge is 0.450 e. The Bertz CT molecular complexity index is 459. The first-order valence-electron chi connectivity index (χ1n) is 6.44. The van der Waals surface area contributed by atoms with Crippen molar-refractivity contribution in [3.05, 3.63) is 42.0 Å². The van der Waals surface area contributed by atoms with Crippen LogP contribution in [-0.2, 0) is 0 Å². The van der Waals surface area contributed by atoms with E-state index in [1.165, 1.54) is 5.57 Å². The van der Waals surface area contributed by atoms with Crippen molar-refractivity contribution in [3.63, 3.8) is 0 Å². The average molecular weight is 260 g/mol. The molecule has 18 heavy (non-hydrogen) atoms. The first kappa shape index (κ1) is 13.3. The highest BCUT2D eigenvalue weighted by Gasteiger charge is 2.36.